The second-order valence-corrected chi connectivity index (χ2v) is 6.77. The number of ether oxygens (including phenoxy) is 2. The molecule has 0 saturated carbocycles. The number of rotatable bonds is 7. The largest absolute Gasteiger partial charge is 0.491 e. The normalized spacial score (nSPS) is 11.4. The third kappa shape index (κ3) is 6.57. The highest BCUT2D eigenvalue weighted by molar-refractivity contribution is 7.80. The minimum Gasteiger partial charge on any atom is -0.491 e. The van der Waals surface area contributed by atoms with Crippen LogP contribution in [0.3, 0.4) is 0 Å². The van der Waals surface area contributed by atoms with Gasteiger partial charge in [0, 0.05) is 5.69 Å². The Hall–Kier alpha value is -2.60. The fourth-order valence-corrected chi connectivity index (χ4v) is 2.71. The summed E-state index contributed by atoms with van der Waals surface area (Å²) in [5.41, 5.74) is 3.65. The van der Waals surface area contributed by atoms with Gasteiger partial charge in [-0.05, 0) is 81.4 Å². The van der Waals surface area contributed by atoms with Crippen molar-refractivity contribution in [1.29, 1.82) is 0 Å². The predicted octanol–water partition coefficient (Wildman–Crippen LogP) is 4.23. The summed E-state index contributed by atoms with van der Waals surface area (Å²) in [7, 11) is 0. The Bertz CT molecular complexity index is 808. The standard InChI is InChI=1S/C21H26N2O3S/c1-5-25-20(24)17-7-6-8-18(12-17)23-21(27)22-16(4)13-26-19-10-9-14(2)15(3)11-19/h6-12,16H,5,13H2,1-4H3,(H2,22,23,27)/t16-/m1/s1. The van der Waals surface area contributed by atoms with Gasteiger partial charge >= 0.3 is 5.97 Å². The lowest BCUT2D eigenvalue weighted by atomic mass is 10.1. The lowest BCUT2D eigenvalue weighted by Gasteiger charge is -2.18. The molecule has 0 aromatic heterocycles. The predicted molar refractivity (Wildman–Crippen MR) is 113 cm³/mol. The molecule has 0 aliphatic rings. The van der Waals surface area contributed by atoms with E-state index in [4.69, 9.17) is 21.7 Å². The van der Waals surface area contributed by atoms with Crippen LogP contribution in [0, 0.1) is 13.8 Å². The number of aryl methyl sites for hydroxylation is 2. The van der Waals surface area contributed by atoms with Crippen molar-refractivity contribution in [2.75, 3.05) is 18.5 Å². The number of hydrogen-bond donors (Lipinski definition) is 2. The molecule has 0 radical (unpaired) electrons. The molecule has 0 amide bonds. The van der Waals surface area contributed by atoms with Crippen molar-refractivity contribution in [3.63, 3.8) is 0 Å². The molecule has 0 bridgehead atoms. The highest BCUT2D eigenvalue weighted by Gasteiger charge is 2.09. The third-order valence-corrected chi connectivity index (χ3v) is 4.21. The molecule has 2 N–H and O–H groups in total. The number of benzene rings is 2. The number of hydrogen-bond acceptors (Lipinski definition) is 4. The first-order chi connectivity index (χ1) is 12.9. The number of anilines is 1. The van der Waals surface area contributed by atoms with Crippen molar-refractivity contribution < 1.29 is 14.3 Å². The monoisotopic (exact) mass is 386 g/mol. The summed E-state index contributed by atoms with van der Waals surface area (Å²) >= 11 is 5.35. The van der Waals surface area contributed by atoms with Crippen LogP contribution in [0.5, 0.6) is 5.75 Å². The maximum absolute atomic E-state index is 11.8. The molecule has 0 fully saturated rings. The van der Waals surface area contributed by atoms with Gasteiger partial charge in [0.05, 0.1) is 18.2 Å². The van der Waals surface area contributed by atoms with Gasteiger partial charge in [0.2, 0.25) is 0 Å². The van der Waals surface area contributed by atoms with Gasteiger partial charge in [-0.1, -0.05) is 12.1 Å². The molecule has 27 heavy (non-hydrogen) atoms. The highest BCUT2D eigenvalue weighted by atomic mass is 32.1. The maximum Gasteiger partial charge on any atom is 0.338 e. The quantitative estimate of drug-likeness (QED) is 0.548. The van der Waals surface area contributed by atoms with E-state index in [1.165, 1.54) is 11.1 Å². The van der Waals surface area contributed by atoms with Crippen LogP contribution in [0.15, 0.2) is 42.5 Å². The summed E-state index contributed by atoms with van der Waals surface area (Å²) in [5, 5.41) is 6.72. The summed E-state index contributed by atoms with van der Waals surface area (Å²) in [6.07, 6.45) is 0. The van der Waals surface area contributed by atoms with Crippen LogP contribution < -0.4 is 15.4 Å². The molecule has 1 atom stereocenters. The molecule has 144 valence electrons. The van der Waals surface area contributed by atoms with E-state index in [9.17, 15) is 4.79 Å². The molecular formula is C21H26N2O3S. The van der Waals surface area contributed by atoms with Crippen LogP contribution >= 0.6 is 12.2 Å². The van der Waals surface area contributed by atoms with Gasteiger partial charge < -0.3 is 20.1 Å². The molecule has 0 aliphatic carbocycles. The topological polar surface area (TPSA) is 59.6 Å². The molecule has 2 aromatic rings. The number of thiocarbonyl (C=S) groups is 1. The van der Waals surface area contributed by atoms with E-state index in [0.717, 1.165) is 11.4 Å². The van der Waals surface area contributed by atoms with Gasteiger partial charge in [0.25, 0.3) is 0 Å². The van der Waals surface area contributed by atoms with Gasteiger partial charge in [0.1, 0.15) is 12.4 Å². The summed E-state index contributed by atoms with van der Waals surface area (Å²) < 4.78 is 10.8. The Morgan fingerprint density at radius 3 is 2.63 bits per heavy atom. The fourth-order valence-electron chi connectivity index (χ4n) is 2.40. The Kier molecular flexibility index (Phi) is 7.61. The Balaban J connectivity index is 1.85. The molecule has 0 heterocycles. The Labute approximate surface area is 166 Å². The van der Waals surface area contributed by atoms with Gasteiger partial charge in [-0.25, -0.2) is 4.79 Å². The van der Waals surface area contributed by atoms with Crippen molar-refractivity contribution in [2.24, 2.45) is 0 Å². The number of esters is 1. The van der Waals surface area contributed by atoms with Crippen molar-refractivity contribution in [2.45, 2.75) is 33.7 Å². The molecule has 0 saturated heterocycles. The minimum absolute atomic E-state index is 0.0137. The summed E-state index contributed by atoms with van der Waals surface area (Å²) in [6, 6.07) is 13.1. The molecule has 2 aromatic carbocycles. The average molecular weight is 387 g/mol. The van der Waals surface area contributed by atoms with Crippen LogP contribution in [-0.4, -0.2) is 30.3 Å². The van der Waals surface area contributed by atoms with Gasteiger partial charge in [-0.2, -0.15) is 0 Å². The number of carbonyl (C=O) groups is 1. The maximum atomic E-state index is 11.8. The first kappa shape index (κ1) is 20.7. The summed E-state index contributed by atoms with van der Waals surface area (Å²) in [6.45, 7) is 8.73. The SMILES string of the molecule is CCOC(=O)c1cccc(NC(=S)N[C@H](C)COc2ccc(C)c(C)c2)c1. The van der Waals surface area contributed by atoms with E-state index in [2.05, 4.69) is 24.5 Å². The second kappa shape index (κ2) is 9.92. The zero-order chi connectivity index (χ0) is 19.8. The summed E-state index contributed by atoms with van der Waals surface area (Å²) in [4.78, 5) is 11.8. The molecule has 6 heteroatoms. The van der Waals surface area contributed by atoms with Crippen molar-refractivity contribution in [1.82, 2.24) is 5.32 Å². The van der Waals surface area contributed by atoms with Crippen molar-refractivity contribution in [3.05, 3.63) is 59.2 Å². The molecular weight excluding hydrogens is 360 g/mol. The smallest absolute Gasteiger partial charge is 0.338 e. The lowest BCUT2D eigenvalue weighted by Crippen LogP contribution is -2.39. The molecule has 0 spiro atoms. The van der Waals surface area contributed by atoms with E-state index in [0.29, 0.717) is 23.9 Å². The van der Waals surface area contributed by atoms with E-state index >= 15 is 0 Å². The lowest BCUT2D eigenvalue weighted by molar-refractivity contribution is 0.0526. The average Bonchev–Trinajstić information content (AvgIpc) is 2.63. The van der Waals surface area contributed by atoms with Crippen molar-refractivity contribution >= 4 is 29.0 Å². The van der Waals surface area contributed by atoms with Crippen LogP contribution in [0.1, 0.15) is 35.3 Å². The molecule has 0 unspecified atom stereocenters. The number of nitrogens with one attached hydrogen (secondary N) is 2. The van der Waals surface area contributed by atoms with Crippen LogP contribution in [-0.2, 0) is 4.74 Å². The van der Waals surface area contributed by atoms with Crippen LogP contribution in [0.2, 0.25) is 0 Å². The van der Waals surface area contributed by atoms with E-state index in [1.54, 1.807) is 25.1 Å². The fraction of sp³-hybridized carbons (Fsp3) is 0.333. The molecule has 2 rings (SSSR count). The third-order valence-electron chi connectivity index (χ3n) is 3.99. The number of carbonyl (C=O) groups excluding carboxylic acids is 1. The van der Waals surface area contributed by atoms with E-state index < -0.39 is 0 Å². The highest BCUT2D eigenvalue weighted by Crippen LogP contribution is 2.16. The second-order valence-electron chi connectivity index (χ2n) is 6.36. The van der Waals surface area contributed by atoms with E-state index in [1.807, 2.05) is 31.2 Å². The minimum atomic E-state index is -0.352. The van der Waals surface area contributed by atoms with E-state index in [-0.39, 0.29) is 12.0 Å². The summed E-state index contributed by atoms with van der Waals surface area (Å²) in [5.74, 6) is 0.489. The van der Waals surface area contributed by atoms with Gasteiger partial charge in [-0.3, -0.25) is 0 Å². The van der Waals surface area contributed by atoms with Crippen molar-refractivity contribution in [3.8, 4) is 5.75 Å². The van der Waals surface area contributed by atoms with Gasteiger partial charge in [-0.15, -0.1) is 0 Å². The van der Waals surface area contributed by atoms with Gasteiger partial charge in [0.15, 0.2) is 5.11 Å². The Morgan fingerprint density at radius 1 is 1.15 bits per heavy atom. The Morgan fingerprint density at radius 2 is 1.93 bits per heavy atom. The molecule has 0 aliphatic heterocycles. The first-order valence-corrected chi connectivity index (χ1v) is 9.34. The molecule has 5 nitrogen and oxygen atoms in total. The van der Waals surface area contributed by atoms with Crippen LogP contribution in [0.25, 0.3) is 0 Å². The first-order valence-electron chi connectivity index (χ1n) is 8.93. The van der Waals surface area contributed by atoms with Crippen LogP contribution in [0.4, 0.5) is 5.69 Å². The zero-order valence-corrected chi connectivity index (χ0v) is 17.0. The zero-order valence-electron chi connectivity index (χ0n) is 16.2.